The van der Waals surface area contributed by atoms with Gasteiger partial charge in [0.15, 0.2) is 0 Å². The molecule has 0 spiro atoms. The number of methoxy groups -OCH3 is 1. The lowest BCUT2D eigenvalue weighted by molar-refractivity contribution is -0.312. The summed E-state index contributed by atoms with van der Waals surface area (Å²) in [6.45, 7) is 1.37. The van der Waals surface area contributed by atoms with Gasteiger partial charge >= 0.3 is 0 Å². The molecule has 0 aliphatic rings. The monoisotopic (exact) mass is 314 g/mol. The Balaban J connectivity index is 2.00. The Labute approximate surface area is 133 Å². The first-order valence-corrected chi connectivity index (χ1v) is 6.92. The van der Waals surface area contributed by atoms with Crippen molar-refractivity contribution >= 4 is 17.6 Å². The smallest absolute Gasteiger partial charge is 0.255 e. The Kier molecular flexibility index (Phi) is 5.19. The molecule has 120 valence electrons. The van der Waals surface area contributed by atoms with Gasteiger partial charge in [-0.25, -0.2) is 0 Å². The van der Waals surface area contributed by atoms with Gasteiger partial charge in [-0.2, -0.15) is 0 Å². The van der Waals surface area contributed by atoms with E-state index in [9.17, 15) is 14.7 Å². The molecular weight excluding hydrogens is 298 g/mol. The van der Waals surface area contributed by atoms with Crippen molar-refractivity contribution < 1.29 is 24.2 Å². The third-order valence-corrected chi connectivity index (χ3v) is 3.11. The van der Waals surface area contributed by atoms with Crippen LogP contribution in [0.2, 0.25) is 0 Å². The summed E-state index contributed by atoms with van der Waals surface area (Å²) in [6, 6.07) is 13.1. The van der Waals surface area contributed by atoms with Crippen LogP contribution in [0.1, 0.15) is 17.3 Å². The number of anilines is 1. The zero-order valence-electron chi connectivity index (χ0n) is 12.7. The number of carboxylic acids is 1. The zero-order valence-corrected chi connectivity index (χ0v) is 12.7. The third-order valence-electron chi connectivity index (χ3n) is 3.11. The van der Waals surface area contributed by atoms with Crippen molar-refractivity contribution in [3.8, 4) is 11.5 Å². The third kappa shape index (κ3) is 4.47. The number of carbonyl (C=O) groups is 2. The summed E-state index contributed by atoms with van der Waals surface area (Å²) in [4.78, 5) is 22.7. The lowest BCUT2D eigenvalue weighted by Gasteiger charge is -2.15. The first kappa shape index (κ1) is 16.4. The number of aliphatic carboxylic acids is 1. The van der Waals surface area contributed by atoms with Crippen molar-refractivity contribution in [3.63, 3.8) is 0 Å². The molecule has 6 heteroatoms. The molecule has 2 aromatic carbocycles. The van der Waals surface area contributed by atoms with Crippen LogP contribution in [0.5, 0.6) is 11.5 Å². The summed E-state index contributed by atoms with van der Waals surface area (Å²) in [5.74, 6) is -0.532. The van der Waals surface area contributed by atoms with Crippen molar-refractivity contribution in [2.45, 2.75) is 13.0 Å². The minimum absolute atomic E-state index is 0.283. The Hall–Kier alpha value is -3.02. The van der Waals surface area contributed by atoms with Crippen molar-refractivity contribution in [1.29, 1.82) is 0 Å². The van der Waals surface area contributed by atoms with E-state index in [-0.39, 0.29) is 5.91 Å². The molecule has 23 heavy (non-hydrogen) atoms. The van der Waals surface area contributed by atoms with E-state index in [0.29, 0.717) is 22.7 Å². The summed E-state index contributed by atoms with van der Waals surface area (Å²) in [5.41, 5.74) is 1.07. The van der Waals surface area contributed by atoms with Crippen LogP contribution in [0.4, 0.5) is 5.69 Å². The van der Waals surface area contributed by atoms with Gasteiger partial charge in [0.05, 0.1) is 13.1 Å². The van der Waals surface area contributed by atoms with Gasteiger partial charge < -0.3 is 24.7 Å². The Morgan fingerprint density at radius 3 is 2.09 bits per heavy atom. The van der Waals surface area contributed by atoms with Gasteiger partial charge in [0.2, 0.25) is 0 Å². The lowest BCUT2D eigenvalue weighted by Crippen LogP contribution is -2.37. The summed E-state index contributed by atoms with van der Waals surface area (Å²) >= 11 is 0. The lowest BCUT2D eigenvalue weighted by atomic mass is 10.2. The van der Waals surface area contributed by atoms with E-state index in [1.807, 2.05) is 0 Å². The molecule has 0 radical (unpaired) electrons. The van der Waals surface area contributed by atoms with Crippen molar-refractivity contribution in [2.24, 2.45) is 0 Å². The Bertz CT molecular complexity index is 679. The number of amides is 1. The second-order valence-electron chi connectivity index (χ2n) is 4.79. The van der Waals surface area contributed by atoms with Gasteiger partial charge in [-0.1, -0.05) is 0 Å². The molecule has 6 nitrogen and oxygen atoms in total. The fraction of sp³-hybridized carbons (Fsp3) is 0.176. The first-order valence-electron chi connectivity index (χ1n) is 6.92. The van der Waals surface area contributed by atoms with E-state index >= 15 is 0 Å². The van der Waals surface area contributed by atoms with E-state index in [1.165, 1.54) is 19.1 Å². The quantitative estimate of drug-likeness (QED) is 0.872. The molecule has 0 fully saturated rings. The summed E-state index contributed by atoms with van der Waals surface area (Å²) in [5, 5.41) is 13.4. The molecule has 0 aliphatic heterocycles. The second-order valence-corrected chi connectivity index (χ2v) is 4.79. The largest absolute Gasteiger partial charge is 0.546 e. The van der Waals surface area contributed by atoms with Crippen molar-refractivity contribution in [2.75, 3.05) is 12.4 Å². The standard InChI is InChI=1S/C17H17NO5/c1-11(17(20)21)23-15-7-3-12(4-8-15)16(19)18-13-5-9-14(22-2)10-6-13/h3-11H,1-2H3,(H,18,19)(H,20,21)/p-1/t11-/m0/s1. The van der Waals surface area contributed by atoms with Crippen LogP contribution in [-0.4, -0.2) is 25.1 Å². The maximum Gasteiger partial charge on any atom is 0.255 e. The average molecular weight is 314 g/mol. The number of hydrogen-bond donors (Lipinski definition) is 1. The Morgan fingerprint density at radius 2 is 1.57 bits per heavy atom. The van der Waals surface area contributed by atoms with Crippen LogP contribution in [0.15, 0.2) is 48.5 Å². The SMILES string of the molecule is COc1ccc(NC(=O)c2ccc(O[C@@H](C)C(=O)[O-])cc2)cc1. The number of ether oxygens (including phenoxy) is 2. The molecule has 0 aliphatic carbocycles. The minimum Gasteiger partial charge on any atom is -0.546 e. The fourth-order valence-corrected chi connectivity index (χ4v) is 1.81. The average Bonchev–Trinajstić information content (AvgIpc) is 2.56. The molecule has 0 aromatic heterocycles. The summed E-state index contributed by atoms with van der Waals surface area (Å²) in [6.07, 6.45) is -1.06. The predicted octanol–water partition coefficient (Wildman–Crippen LogP) is 1.46. The maximum atomic E-state index is 12.1. The number of carboxylic acid groups (broad SMARTS) is 1. The molecule has 0 bridgehead atoms. The first-order chi connectivity index (χ1) is 11.0. The van der Waals surface area contributed by atoms with Crippen molar-refractivity contribution in [1.82, 2.24) is 0 Å². The van der Waals surface area contributed by atoms with E-state index in [0.717, 1.165) is 0 Å². The molecule has 0 saturated heterocycles. The normalized spacial score (nSPS) is 11.4. The van der Waals surface area contributed by atoms with E-state index in [4.69, 9.17) is 9.47 Å². The van der Waals surface area contributed by atoms with Gasteiger partial charge in [-0.3, -0.25) is 4.79 Å². The Morgan fingerprint density at radius 1 is 1.00 bits per heavy atom. The molecular formula is C17H16NO5-. The van der Waals surface area contributed by atoms with Gasteiger partial charge in [-0.15, -0.1) is 0 Å². The highest BCUT2D eigenvalue weighted by Gasteiger charge is 2.08. The summed E-state index contributed by atoms with van der Waals surface area (Å²) in [7, 11) is 1.57. The van der Waals surface area contributed by atoms with Gasteiger partial charge in [0, 0.05) is 11.3 Å². The highest BCUT2D eigenvalue weighted by atomic mass is 16.5. The predicted molar refractivity (Wildman–Crippen MR) is 82.5 cm³/mol. The van der Waals surface area contributed by atoms with E-state index < -0.39 is 12.1 Å². The minimum atomic E-state index is -1.30. The van der Waals surface area contributed by atoms with Crippen LogP contribution in [0.25, 0.3) is 0 Å². The van der Waals surface area contributed by atoms with E-state index in [1.54, 1.807) is 43.5 Å². The number of nitrogens with one attached hydrogen (secondary N) is 1. The van der Waals surface area contributed by atoms with Crippen LogP contribution in [0, 0.1) is 0 Å². The van der Waals surface area contributed by atoms with Crippen molar-refractivity contribution in [3.05, 3.63) is 54.1 Å². The molecule has 0 saturated carbocycles. The van der Waals surface area contributed by atoms with E-state index in [2.05, 4.69) is 5.32 Å². The number of rotatable bonds is 6. The molecule has 0 heterocycles. The molecule has 2 aromatic rings. The maximum absolute atomic E-state index is 12.1. The zero-order chi connectivity index (χ0) is 16.8. The number of benzene rings is 2. The number of hydrogen-bond acceptors (Lipinski definition) is 5. The molecule has 1 amide bonds. The van der Waals surface area contributed by atoms with Crippen LogP contribution in [-0.2, 0) is 4.79 Å². The van der Waals surface area contributed by atoms with Gasteiger partial charge in [0.25, 0.3) is 5.91 Å². The molecule has 1 atom stereocenters. The second kappa shape index (κ2) is 7.31. The van der Waals surface area contributed by atoms with Crippen LogP contribution in [0.3, 0.4) is 0 Å². The topological polar surface area (TPSA) is 87.7 Å². The molecule has 0 unspecified atom stereocenters. The number of carbonyl (C=O) groups excluding carboxylic acids is 2. The van der Waals surface area contributed by atoms with Gasteiger partial charge in [0.1, 0.15) is 17.6 Å². The molecule has 1 N–H and O–H groups in total. The fourth-order valence-electron chi connectivity index (χ4n) is 1.81. The summed E-state index contributed by atoms with van der Waals surface area (Å²) < 4.78 is 10.2. The van der Waals surface area contributed by atoms with Gasteiger partial charge in [-0.05, 0) is 55.5 Å². The van der Waals surface area contributed by atoms with Crippen LogP contribution < -0.4 is 19.9 Å². The molecule has 2 rings (SSSR count). The van der Waals surface area contributed by atoms with Crippen LogP contribution >= 0.6 is 0 Å². The highest BCUT2D eigenvalue weighted by Crippen LogP contribution is 2.17. The highest BCUT2D eigenvalue weighted by molar-refractivity contribution is 6.04.